The highest BCUT2D eigenvalue weighted by atomic mass is 19.4. The van der Waals surface area contributed by atoms with Gasteiger partial charge in [0.05, 0.1) is 25.1 Å². The van der Waals surface area contributed by atoms with Gasteiger partial charge in [0.25, 0.3) is 0 Å². The maximum Gasteiger partial charge on any atom is 0.417 e. The summed E-state index contributed by atoms with van der Waals surface area (Å²) in [4.78, 5) is 22.2. The largest absolute Gasteiger partial charge is 0.496 e. The first-order valence-electron chi connectivity index (χ1n) is 9.29. The zero-order valence-electron chi connectivity index (χ0n) is 15.9. The van der Waals surface area contributed by atoms with Crippen LogP contribution in [0.25, 0.3) is 0 Å². The molecule has 0 saturated carbocycles. The van der Waals surface area contributed by atoms with E-state index in [2.05, 4.69) is 9.97 Å². The number of likely N-dealkylation sites (tertiary alicyclic amines) is 1. The standard InChI is InChI=1S/C20H22F3N3O3/c1-29-17-7-8-24-12-15(17)19(28)16-4-2-3-9-26(16)18(27)10-14-6-5-13(11-25-14)20(21,22)23/h5-8,11-12,16,19,28H,2-4,9-10H2,1H3. The van der Waals surface area contributed by atoms with Gasteiger partial charge in [0.1, 0.15) is 11.9 Å². The molecule has 0 bridgehead atoms. The summed E-state index contributed by atoms with van der Waals surface area (Å²) in [6, 6.07) is 3.29. The molecule has 2 unspecified atom stereocenters. The van der Waals surface area contributed by atoms with Crippen LogP contribution in [0, 0.1) is 0 Å². The van der Waals surface area contributed by atoms with Gasteiger partial charge in [-0.1, -0.05) is 0 Å². The van der Waals surface area contributed by atoms with E-state index in [-0.39, 0.29) is 18.0 Å². The van der Waals surface area contributed by atoms with E-state index in [9.17, 15) is 23.1 Å². The number of methoxy groups -OCH3 is 1. The van der Waals surface area contributed by atoms with Gasteiger partial charge >= 0.3 is 6.18 Å². The summed E-state index contributed by atoms with van der Waals surface area (Å²) >= 11 is 0. The van der Waals surface area contributed by atoms with Gasteiger partial charge in [-0.25, -0.2) is 0 Å². The Hall–Kier alpha value is -2.68. The Morgan fingerprint density at radius 3 is 2.76 bits per heavy atom. The van der Waals surface area contributed by atoms with Gasteiger partial charge < -0.3 is 14.7 Å². The van der Waals surface area contributed by atoms with Crippen LogP contribution in [0.1, 0.15) is 42.2 Å². The number of aromatic nitrogens is 2. The number of amides is 1. The minimum Gasteiger partial charge on any atom is -0.496 e. The van der Waals surface area contributed by atoms with Crippen LogP contribution in [0.15, 0.2) is 36.8 Å². The molecular weight excluding hydrogens is 387 g/mol. The number of piperidine rings is 1. The quantitative estimate of drug-likeness (QED) is 0.821. The molecule has 156 valence electrons. The molecule has 2 aromatic rings. The van der Waals surface area contributed by atoms with Crippen LogP contribution in [0.2, 0.25) is 0 Å². The second kappa shape index (κ2) is 8.77. The lowest BCUT2D eigenvalue weighted by molar-refractivity contribution is -0.138. The molecule has 1 aliphatic heterocycles. The number of nitrogens with zero attached hydrogens (tertiary/aromatic N) is 3. The monoisotopic (exact) mass is 409 g/mol. The second-order valence-electron chi connectivity index (χ2n) is 6.93. The minimum atomic E-state index is -4.47. The van der Waals surface area contributed by atoms with E-state index in [0.29, 0.717) is 24.3 Å². The number of aliphatic hydroxyl groups excluding tert-OH is 1. The van der Waals surface area contributed by atoms with Crippen LogP contribution in [0.3, 0.4) is 0 Å². The number of aliphatic hydroxyl groups is 1. The molecule has 1 fully saturated rings. The zero-order chi connectivity index (χ0) is 21.0. The molecule has 2 aromatic heterocycles. The highest BCUT2D eigenvalue weighted by Gasteiger charge is 2.35. The van der Waals surface area contributed by atoms with Crippen molar-refractivity contribution < 1.29 is 27.8 Å². The van der Waals surface area contributed by atoms with Crippen molar-refractivity contribution in [3.05, 3.63) is 53.6 Å². The Balaban J connectivity index is 1.76. The van der Waals surface area contributed by atoms with Crippen LogP contribution < -0.4 is 4.74 Å². The summed E-state index contributed by atoms with van der Waals surface area (Å²) in [5.41, 5.74) is -0.114. The summed E-state index contributed by atoms with van der Waals surface area (Å²) in [7, 11) is 1.49. The first kappa shape index (κ1) is 21.0. The lowest BCUT2D eigenvalue weighted by atomic mass is 9.92. The van der Waals surface area contributed by atoms with E-state index in [4.69, 9.17) is 4.74 Å². The maximum absolute atomic E-state index is 12.9. The number of carbonyl (C=O) groups is 1. The Labute approximate surface area is 166 Å². The SMILES string of the molecule is COc1ccncc1C(O)C1CCCCN1C(=O)Cc1ccc(C(F)(F)F)cn1. The predicted octanol–water partition coefficient (Wildman–Crippen LogP) is 3.16. The molecule has 3 heterocycles. The first-order chi connectivity index (χ1) is 13.8. The van der Waals surface area contributed by atoms with Crippen LogP contribution in [0.4, 0.5) is 13.2 Å². The molecule has 3 rings (SSSR count). The van der Waals surface area contributed by atoms with E-state index >= 15 is 0 Å². The van der Waals surface area contributed by atoms with Crippen LogP contribution >= 0.6 is 0 Å². The number of alkyl halides is 3. The Morgan fingerprint density at radius 1 is 1.31 bits per heavy atom. The number of rotatable bonds is 5. The number of hydrogen-bond acceptors (Lipinski definition) is 5. The number of ether oxygens (including phenoxy) is 1. The van der Waals surface area contributed by atoms with Gasteiger partial charge in [-0.3, -0.25) is 14.8 Å². The summed E-state index contributed by atoms with van der Waals surface area (Å²) in [6.07, 6.45) is 0.450. The molecule has 2 atom stereocenters. The molecular formula is C20H22F3N3O3. The van der Waals surface area contributed by atoms with E-state index in [1.54, 1.807) is 17.2 Å². The van der Waals surface area contributed by atoms with Gasteiger partial charge in [-0.05, 0) is 37.5 Å². The van der Waals surface area contributed by atoms with Crippen molar-refractivity contribution in [2.45, 2.75) is 44.0 Å². The van der Waals surface area contributed by atoms with Crippen molar-refractivity contribution in [2.24, 2.45) is 0 Å². The lowest BCUT2D eigenvalue weighted by Gasteiger charge is -2.38. The first-order valence-corrected chi connectivity index (χ1v) is 9.29. The summed E-state index contributed by atoms with van der Waals surface area (Å²) in [5, 5.41) is 10.9. The van der Waals surface area contributed by atoms with Crippen molar-refractivity contribution in [1.82, 2.24) is 14.9 Å². The second-order valence-corrected chi connectivity index (χ2v) is 6.93. The fraction of sp³-hybridized carbons (Fsp3) is 0.450. The molecule has 1 aliphatic rings. The van der Waals surface area contributed by atoms with Gasteiger partial charge in [0, 0.05) is 36.4 Å². The Morgan fingerprint density at radius 2 is 2.10 bits per heavy atom. The molecule has 0 aliphatic carbocycles. The molecule has 0 aromatic carbocycles. The van der Waals surface area contributed by atoms with E-state index in [0.717, 1.165) is 25.1 Å². The van der Waals surface area contributed by atoms with Gasteiger partial charge in [0.15, 0.2) is 0 Å². The van der Waals surface area contributed by atoms with Gasteiger partial charge in [-0.15, -0.1) is 0 Å². The fourth-order valence-electron chi connectivity index (χ4n) is 3.56. The summed E-state index contributed by atoms with van der Waals surface area (Å²) in [6.45, 7) is 0.462. The molecule has 6 nitrogen and oxygen atoms in total. The molecule has 0 spiro atoms. The number of carbonyl (C=O) groups excluding carboxylic acids is 1. The Kier molecular flexibility index (Phi) is 6.36. The van der Waals surface area contributed by atoms with Crippen LogP contribution in [0.5, 0.6) is 5.75 Å². The van der Waals surface area contributed by atoms with Crippen molar-refractivity contribution in [1.29, 1.82) is 0 Å². The van der Waals surface area contributed by atoms with Crippen LogP contribution in [-0.2, 0) is 17.4 Å². The highest BCUT2D eigenvalue weighted by molar-refractivity contribution is 5.79. The fourth-order valence-corrected chi connectivity index (χ4v) is 3.56. The molecule has 29 heavy (non-hydrogen) atoms. The number of hydrogen-bond donors (Lipinski definition) is 1. The van der Waals surface area contributed by atoms with Crippen molar-refractivity contribution in [3.63, 3.8) is 0 Å². The highest BCUT2D eigenvalue weighted by Crippen LogP contribution is 2.33. The third-order valence-corrected chi connectivity index (χ3v) is 5.07. The van der Waals surface area contributed by atoms with Crippen molar-refractivity contribution in [2.75, 3.05) is 13.7 Å². The van der Waals surface area contributed by atoms with E-state index < -0.39 is 23.9 Å². The zero-order valence-corrected chi connectivity index (χ0v) is 15.9. The van der Waals surface area contributed by atoms with Crippen molar-refractivity contribution in [3.8, 4) is 5.75 Å². The molecule has 1 saturated heterocycles. The molecule has 1 N–H and O–H groups in total. The van der Waals surface area contributed by atoms with Gasteiger partial charge in [0.2, 0.25) is 5.91 Å². The smallest absolute Gasteiger partial charge is 0.417 e. The minimum absolute atomic E-state index is 0.133. The third kappa shape index (κ3) is 4.84. The summed E-state index contributed by atoms with van der Waals surface area (Å²) in [5.74, 6) is 0.193. The third-order valence-electron chi connectivity index (χ3n) is 5.07. The van der Waals surface area contributed by atoms with Crippen molar-refractivity contribution >= 4 is 5.91 Å². The molecule has 9 heteroatoms. The van der Waals surface area contributed by atoms with Gasteiger partial charge in [-0.2, -0.15) is 13.2 Å². The number of halogens is 3. The maximum atomic E-state index is 12.9. The van der Waals surface area contributed by atoms with Crippen LogP contribution in [-0.4, -0.2) is 45.6 Å². The molecule has 0 radical (unpaired) electrons. The lowest BCUT2D eigenvalue weighted by Crippen LogP contribution is -2.47. The van der Waals surface area contributed by atoms with E-state index in [1.165, 1.54) is 19.4 Å². The average Bonchev–Trinajstić information content (AvgIpc) is 2.73. The van der Waals surface area contributed by atoms with E-state index in [1.807, 2.05) is 0 Å². The Bertz CT molecular complexity index is 843. The predicted molar refractivity (Wildman–Crippen MR) is 98.0 cm³/mol. The normalized spacial score (nSPS) is 18.4. The number of pyridine rings is 2. The average molecular weight is 409 g/mol. The molecule has 1 amide bonds. The summed E-state index contributed by atoms with van der Waals surface area (Å²) < 4.78 is 43.3. The topological polar surface area (TPSA) is 75.6 Å².